The van der Waals surface area contributed by atoms with Crippen LogP contribution in [0.4, 0.5) is 11.4 Å². The van der Waals surface area contributed by atoms with Crippen molar-refractivity contribution in [1.29, 1.82) is 0 Å². The quantitative estimate of drug-likeness (QED) is 0.866. The Morgan fingerprint density at radius 3 is 2.19 bits per heavy atom. The van der Waals surface area contributed by atoms with Crippen LogP contribution in [0.5, 0.6) is 0 Å². The van der Waals surface area contributed by atoms with E-state index in [9.17, 15) is 9.59 Å². The summed E-state index contributed by atoms with van der Waals surface area (Å²) in [6.07, 6.45) is 0.250. The fraction of sp³-hybridized carbons (Fsp3) is 0.391. The predicted octanol–water partition coefficient (Wildman–Crippen LogP) is 4.59. The summed E-state index contributed by atoms with van der Waals surface area (Å²) in [5.74, 6) is -0.421. The number of amides is 2. The molecule has 0 aromatic heterocycles. The summed E-state index contributed by atoms with van der Waals surface area (Å²) in [7, 11) is 0. The van der Waals surface area contributed by atoms with Gasteiger partial charge in [0.25, 0.3) is 0 Å². The van der Waals surface area contributed by atoms with Crippen molar-refractivity contribution >= 4 is 23.2 Å². The second kappa shape index (κ2) is 7.18. The fourth-order valence-corrected chi connectivity index (χ4v) is 3.63. The molecule has 0 radical (unpaired) electrons. The van der Waals surface area contributed by atoms with Crippen molar-refractivity contribution in [2.45, 2.75) is 46.5 Å². The minimum atomic E-state index is -0.334. The largest absolute Gasteiger partial charge is 0.326 e. The third kappa shape index (κ3) is 4.05. The lowest BCUT2D eigenvalue weighted by Gasteiger charge is -2.21. The van der Waals surface area contributed by atoms with Crippen molar-refractivity contribution in [1.82, 2.24) is 0 Å². The molecule has 1 saturated heterocycles. The standard InChI is InChI=1S/C23H28N2O2/c1-15-7-6-8-16(2)21(15)25-14-17(13-20(25)26)22(27)24-19-11-9-18(10-12-19)23(3,4)5/h6-12,17H,13-14H2,1-5H3,(H,24,27). The van der Waals surface area contributed by atoms with Crippen LogP contribution in [-0.2, 0) is 15.0 Å². The van der Waals surface area contributed by atoms with Crippen LogP contribution < -0.4 is 10.2 Å². The molecule has 27 heavy (non-hydrogen) atoms. The van der Waals surface area contributed by atoms with Gasteiger partial charge in [0.15, 0.2) is 0 Å². The number of nitrogens with one attached hydrogen (secondary N) is 1. The van der Waals surface area contributed by atoms with Crippen LogP contribution in [0.1, 0.15) is 43.9 Å². The van der Waals surface area contributed by atoms with Gasteiger partial charge in [0.1, 0.15) is 0 Å². The van der Waals surface area contributed by atoms with Crippen molar-refractivity contribution in [2.24, 2.45) is 5.92 Å². The van der Waals surface area contributed by atoms with E-state index in [0.29, 0.717) is 6.54 Å². The minimum Gasteiger partial charge on any atom is -0.326 e. The Hall–Kier alpha value is -2.62. The lowest BCUT2D eigenvalue weighted by molar-refractivity contribution is -0.122. The molecule has 0 spiro atoms. The van der Waals surface area contributed by atoms with Crippen LogP contribution in [0, 0.1) is 19.8 Å². The van der Waals surface area contributed by atoms with E-state index in [1.807, 2.05) is 56.3 Å². The number of nitrogens with zero attached hydrogens (tertiary/aromatic N) is 1. The highest BCUT2D eigenvalue weighted by Crippen LogP contribution is 2.31. The molecule has 2 aromatic rings. The maximum atomic E-state index is 12.7. The molecule has 1 aliphatic heterocycles. The maximum Gasteiger partial charge on any atom is 0.229 e. The van der Waals surface area contributed by atoms with Gasteiger partial charge in [-0.2, -0.15) is 0 Å². The molecule has 2 amide bonds. The maximum absolute atomic E-state index is 12.7. The lowest BCUT2D eigenvalue weighted by Crippen LogP contribution is -2.29. The van der Waals surface area contributed by atoms with Gasteiger partial charge in [-0.15, -0.1) is 0 Å². The molecule has 1 fully saturated rings. The minimum absolute atomic E-state index is 0.00984. The van der Waals surface area contributed by atoms with E-state index in [1.54, 1.807) is 4.90 Å². The Morgan fingerprint density at radius 2 is 1.63 bits per heavy atom. The van der Waals surface area contributed by atoms with Gasteiger partial charge in [-0.05, 0) is 48.1 Å². The molecule has 4 heteroatoms. The predicted molar refractivity (Wildman–Crippen MR) is 110 cm³/mol. The number of carbonyl (C=O) groups excluding carboxylic acids is 2. The Kier molecular flexibility index (Phi) is 5.09. The second-order valence-electron chi connectivity index (χ2n) is 8.46. The molecule has 1 unspecified atom stereocenters. The van der Waals surface area contributed by atoms with E-state index in [4.69, 9.17) is 0 Å². The molecule has 1 N–H and O–H groups in total. The zero-order chi connectivity index (χ0) is 19.8. The number of aryl methyl sites for hydroxylation is 2. The zero-order valence-electron chi connectivity index (χ0n) is 16.8. The third-order valence-corrected chi connectivity index (χ3v) is 5.22. The van der Waals surface area contributed by atoms with Crippen LogP contribution in [0.25, 0.3) is 0 Å². The molecule has 1 atom stereocenters. The number of hydrogen-bond acceptors (Lipinski definition) is 2. The second-order valence-corrected chi connectivity index (χ2v) is 8.46. The summed E-state index contributed by atoms with van der Waals surface area (Å²) in [4.78, 5) is 27.0. The normalized spacial score (nSPS) is 17.3. The highest BCUT2D eigenvalue weighted by Gasteiger charge is 2.36. The van der Waals surface area contributed by atoms with Gasteiger partial charge < -0.3 is 10.2 Å². The molecular formula is C23H28N2O2. The van der Waals surface area contributed by atoms with Gasteiger partial charge in [-0.1, -0.05) is 51.1 Å². The molecule has 1 heterocycles. The summed E-state index contributed by atoms with van der Waals surface area (Å²) in [6, 6.07) is 13.9. The molecule has 4 nitrogen and oxygen atoms in total. The number of para-hydroxylation sites is 1. The van der Waals surface area contributed by atoms with Crippen LogP contribution in [0.2, 0.25) is 0 Å². The van der Waals surface area contributed by atoms with Crippen molar-refractivity contribution in [3.63, 3.8) is 0 Å². The zero-order valence-corrected chi connectivity index (χ0v) is 16.8. The lowest BCUT2D eigenvalue weighted by atomic mass is 9.87. The van der Waals surface area contributed by atoms with Gasteiger partial charge in [0.05, 0.1) is 5.92 Å². The molecule has 1 aliphatic rings. The van der Waals surface area contributed by atoms with E-state index in [2.05, 4.69) is 26.1 Å². The van der Waals surface area contributed by atoms with Crippen LogP contribution >= 0.6 is 0 Å². The summed E-state index contributed by atoms with van der Waals surface area (Å²) in [5, 5.41) is 2.97. The first kappa shape index (κ1) is 19.2. The van der Waals surface area contributed by atoms with Crippen molar-refractivity contribution < 1.29 is 9.59 Å². The molecule has 142 valence electrons. The highest BCUT2D eigenvalue weighted by molar-refractivity contribution is 6.04. The average Bonchev–Trinajstić information content (AvgIpc) is 2.96. The van der Waals surface area contributed by atoms with Crippen LogP contribution in [0.3, 0.4) is 0 Å². The van der Waals surface area contributed by atoms with E-state index in [1.165, 1.54) is 5.56 Å². The first-order chi connectivity index (χ1) is 12.7. The van der Waals surface area contributed by atoms with Crippen molar-refractivity contribution in [3.8, 4) is 0 Å². The number of carbonyl (C=O) groups is 2. The smallest absolute Gasteiger partial charge is 0.229 e. The summed E-state index contributed by atoms with van der Waals surface area (Å²) >= 11 is 0. The Morgan fingerprint density at radius 1 is 1.04 bits per heavy atom. The van der Waals surface area contributed by atoms with Crippen LogP contribution in [-0.4, -0.2) is 18.4 Å². The van der Waals surface area contributed by atoms with Crippen molar-refractivity contribution in [3.05, 3.63) is 59.2 Å². The van der Waals surface area contributed by atoms with E-state index >= 15 is 0 Å². The Bertz CT molecular complexity index is 843. The Labute approximate surface area is 161 Å². The topological polar surface area (TPSA) is 49.4 Å². The molecule has 0 saturated carbocycles. The summed E-state index contributed by atoms with van der Waals surface area (Å²) in [6.45, 7) is 10.9. The molecule has 2 aromatic carbocycles. The summed E-state index contributed by atoms with van der Waals surface area (Å²) < 4.78 is 0. The number of benzene rings is 2. The third-order valence-electron chi connectivity index (χ3n) is 5.22. The first-order valence-corrected chi connectivity index (χ1v) is 9.45. The van der Waals surface area contributed by atoms with Gasteiger partial charge >= 0.3 is 0 Å². The Balaban J connectivity index is 1.71. The SMILES string of the molecule is Cc1cccc(C)c1N1CC(C(=O)Nc2ccc(C(C)(C)C)cc2)CC1=O. The molecular weight excluding hydrogens is 336 g/mol. The molecule has 3 rings (SSSR count). The molecule has 0 aliphatic carbocycles. The average molecular weight is 364 g/mol. The van der Waals surface area contributed by atoms with E-state index in [-0.39, 0.29) is 29.6 Å². The highest BCUT2D eigenvalue weighted by atomic mass is 16.2. The first-order valence-electron chi connectivity index (χ1n) is 9.45. The number of hydrogen-bond donors (Lipinski definition) is 1. The van der Waals surface area contributed by atoms with Gasteiger partial charge in [0, 0.05) is 24.3 Å². The monoisotopic (exact) mass is 364 g/mol. The molecule has 0 bridgehead atoms. The van der Waals surface area contributed by atoms with Crippen LogP contribution in [0.15, 0.2) is 42.5 Å². The van der Waals surface area contributed by atoms with E-state index < -0.39 is 0 Å². The fourth-order valence-electron chi connectivity index (χ4n) is 3.63. The number of rotatable bonds is 3. The summed E-state index contributed by atoms with van der Waals surface area (Å²) in [5.41, 5.74) is 5.12. The van der Waals surface area contributed by atoms with Crippen molar-refractivity contribution in [2.75, 3.05) is 16.8 Å². The van der Waals surface area contributed by atoms with Gasteiger partial charge in [-0.3, -0.25) is 9.59 Å². The van der Waals surface area contributed by atoms with E-state index in [0.717, 1.165) is 22.5 Å². The van der Waals surface area contributed by atoms with Gasteiger partial charge in [-0.25, -0.2) is 0 Å². The number of anilines is 2. The van der Waals surface area contributed by atoms with Gasteiger partial charge in [0.2, 0.25) is 11.8 Å².